The van der Waals surface area contributed by atoms with Gasteiger partial charge in [0.05, 0.1) is 6.04 Å². The maximum absolute atomic E-state index is 12.9. The van der Waals surface area contributed by atoms with Crippen LogP contribution < -0.4 is 10.1 Å². The van der Waals surface area contributed by atoms with Crippen LogP contribution >= 0.6 is 0 Å². The van der Waals surface area contributed by atoms with Gasteiger partial charge in [0, 0.05) is 41.7 Å². The fourth-order valence-electron chi connectivity index (χ4n) is 6.40. The van der Waals surface area contributed by atoms with Crippen LogP contribution in [0.1, 0.15) is 76.6 Å². The summed E-state index contributed by atoms with van der Waals surface area (Å²) in [5.41, 5.74) is 3.80. The minimum Gasteiger partial charge on any atom is -0.482 e. The van der Waals surface area contributed by atoms with Gasteiger partial charge in [0.2, 0.25) is 0 Å². The van der Waals surface area contributed by atoms with E-state index in [1.807, 2.05) is 31.7 Å². The number of ether oxygens (including phenoxy) is 2. The van der Waals surface area contributed by atoms with Gasteiger partial charge < -0.3 is 19.7 Å². The van der Waals surface area contributed by atoms with Crippen LogP contribution in [-0.2, 0) is 10.3 Å². The van der Waals surface area contributed by atoms with E-state index in [9.17, 15) is 4.79 Å². The maximum Gasteiger partial charge on any atom is 0.410 e. The number of benzene rings is 1. The molecule has 1 saturated carbocycles. The zero-order valence-electron chi connectivity index (χ0n) is 20.8. The molecule has 3 fully saturated rings. The highest BCUT2D eigenvalue weighted by molar-refractivity contribution is 5.74. The Morgan fingerprint density at radius 1 is 1.18 bits per heavy atom. The third-order valence-corrected chi connectivity index (χ3v) is 8.13. The van der Waals surface area contributed by atoms with Gasteiger partial charge in [0.1, 0.15) is 22.6 Å². The van der Waals surface area contributed by atoms with E-state index >= 15 is 0 Å². The number of rotatable bonds is 1. The van der Waals surface area contributed by atoms with Crippen molar-refractivity contribution in [1.82, 2.24) is 20.0 Å². The Bertz CT molecular complexity index is 1120. The van der Waals surface area contributed by atoms with E-state index in [1.165, 1.54) is 11.3 Å². The maximum atomic E-state index is 12.9. The van der Waals surface area contributed by atoms with Crippen molar-refractivity contribution in [2.45, 2.75) is 89.0 Å². The van der Waals surface area contributed by atoms with Crippen molar-refractivity contribution in [3.8, 4) is 17.0 Å². The summed E-state index contributed by atoms with van der Waals surface area (Å²) in [5, 5.41) is 8.76. The fraction of sp³-hybridized carbons (Fsp3) is 0.630. The number of para-hydroxylation sites is 1. The monoisotopic (exact) mass is 464 g/mol. The van der Waals surface area contributed by atoms with E-state index in [-0.39, 0.29) is 23.3 Å². The number of aromatic nitrogens is 2. The van der Waals surface area contributed by atoms with Gasteiger partial charge in [-0.1, -0.05) is 12.1 Å². The molecule has 182 valence electrons. The Kier molecular flexibility index (Phi) is 4.83. The third-order valence-electron chi connectivity index (χ3n) is 8.13. The SMILES string of the molecule is Cc1c2c(nn1C1CCN(C(=O)OC(C)(C)C)C3(CC3)C1)-c1ccccc1OC21CCNCC1. The summed E-state index contributed by atoms with van der Waals surface area (Å²) in [6.07, 6.45) is 5.64. The van der Waals surface area contributed by atoms with Crippen LogP contribution in [0.3, 0.4) is 0 Å². The first-order valence-corrected chi connectivity index (χ1v) is 12.8. The lowest BCUT2D eigenvalue weighted by Crippen LogP contribution is -2.50. The Hall–Kier alpha value is -2.54. The molecule has 4 aliphatic rings. The number of nitrogens with one attached hydrogen (secondary N) is 1. The predicted molar refractivity (Wildman–Crippen MR) is 130 cm³/mol. The molecule has 1 atom stereocenters. The number of piperidine rings is 2. The smallest absolute Gasteiger partial charge is 0.410 e. The zero-order chi connectivity index (χ0) is 23.7. The minimum absolute atomic E-state index is 0.0784. The Morgan fingerprint density at radius 3 is 2.62 bits per heavy atom. The molecular weight excluding hydrogens is 428 g/mol. The van der Waals surface area contributed by atoms with E-state index in [1.54, 1.807) is 0 Å². The van der Waals surface area contributed by atoms with Crippen molar-refractivity contribution in [2.24, 2.45) is 0 Å². The average molecular weight is 465 g/mol. The van der Waals surface area contributed by atoms with Crippen LogP contribution in [0.15, 0.2) is 24.3 Å². The molecule has 2 aromatic rings. The number of likely N-dealkylation sites (tertiary alicyclic amines) is 1. The summed E-state index contributed by atoms with van der Waals surface area (Å²) in [6.45, 7) is 10.6. The number of hydrogen-bond donors (Lipinski definition) is 1. The Morgan fingerprint density at radius 2 is 1.91 bits per heavy atom. The van der Waals surface area contributed by atoms with Crippen molar-refractivity contribution in [1.29, 1.82) is 0 Å². The number of fused-ring (bicyclic) bond motifs is 4. The van der Waals surface area contributed by atoms with E-state index in [4.69, 9.17) is 14.6 Å². The van der Waals surface area contributed by atoms with E-state index in [0.29, 0.717) is 6.54 Å². The average Bonchev–Trinajstić information content (AvgIpc) is 3.44. The first-order chi connectivity index (χ1) is 16.2. The number of carbonyl (C=O) groups is 1. The lowest BCUT2D eigenvalue weighted by molar-refractivity contribution is -0.000150. The molecule has 2 saturated heterocycles. The quantitative estimate of drug-likeness (QED) is 0.648. The predicted octanol–water partition coefficient (Wildman–Crippen LogP) is 4.93. The van der Waals surface area contributed by atoms with E-state index in [2.05, 4.69) is 35.1 Å². The molecule has 7 heteroatoms. The molecule has 1 amide bonds. The molecule has 1 aliphatic carbocycles. The van der Waals surface area contributed by atoms with Gasteiger partial charge in [-0.15, -0.1) is 0 Å². The van der Waals surface area contributed by atoms with Gasteiger partial charge in [-0.2, -0.15) is 5.10 Å². The minimum atomic E-state index is -0.474. The van der Waals surface area contributed by atoms with Gasteiger partial charge in [0.25, 0.3) is 0 Å². The van der Waals surface area contributed by atoms with Gasteiger partial charge in [-0.25, -0.2) is 4.79 Å². The molecule has 1 aromatic carbocycles. The second kappa shape index (κ2) is 7.48. The van der Waals surface area contributed by atoms with Crippen LogP contribution in [-0.4, -0.2) is 51.5 Å². The number of hydrogen-bond acceptors (Lipinski definition) is 5. The molecule has 34 heavy (non-hydrogen) atoms. The third kappa shape index (κ3) is 3.43. The molecule has 6 rings (SSSR count). The van der Waals surface area contributed by atoms with Crippen LogP contribution in [0.2, 0.25) is 0 Å². The summed E-state index contributed by atoms with van der Waals surface area (Å²) in [6, 6.07) is 8.60. The van der Waals surface area contributed by atoms with Crippen molar-refractivity contribution in [3.63, 3.8) is 0 Å². The molecule has 0 bridgehead atoms. The lowest BCUT2D eigenvalue weighted by atomic mass is 9.80. The first kappa shape index (κ1) is 22.0. The van der Waals surface area contributed by atoms with Crippen LogP contribution in [0.25, 0.3) is 11.3 Å². The molecule has 2 spiro atoms. The zero-order valence-corrected chi connectivity index (χ0v) is 20.8. The standard InChI is InChI=1S/C27H36N4O3/c1-18-22-23(20-7-5-6-8-21(20)33-27(22)12-14-28-15-13-27)29-31(18)19-9-16-30(26(17-19)10-11-26)24(32)34-25(2,3)4/h5-8,19,28H,9-17H2,1-4H3. The molecular formula is C27H36N4O3. The molecule has 1 N–H and O–H groups in total. The number of carbonyl (C=O) groups excluding carboxylic acids is 1. The summed E-state index contributed by atoms with van der Waals surface area (Å²) in [7, 11) is 0. The highest BCUT2D eigenvalue weighted by Gasteiger charge is 2.55. The number of nitrogens with zero attached hydrogens (tertiary/aromatic N) is 3. The Balaban J connectivity index is 1.35. The van der Waals surface area contributed by atoms with Crippen molar-refractivity contribution in [2.75, 3.05) is 19.6 Å². The normalized spacial score (nSPS) is 24.4. The second-order valence-corrected chi connectivity index (χ2v) is 11.6. The van der Waals surface area contributed by atoms with Gasteiger partial charge in [-0.3, -0.25) is 4.68 Å². The molecule has 0 radical (unpaired) electrons. The summed E-state index contributed by atoms with van der Waals surface area (Å²) in [4.78, 5) is 14.9. The Labute approximate surface area is 201 Å². The van der Waals surface area contributed by atoms with E-state index < -0.39 is 5.60 Å². The fourth-order valence-corrected chi connectivity index (χ4v) is 6.40. The van der Waals surface area contributed by atoms with Crippen LogP contribution in [0.4, 0.5) is 4.79 Å². The number of amides is 1. The van der Waals surface area contributed by atoms with Crippen LogP contribution in [0, 0.1) is 6.92 Å². The summed E-state index contributed by atoms with van der Waals surface area (Å²) in [5.74, 6) is 0.944. The highest BCUT2D eigenvalue weighted by atomic mass is 16.6. The second-order valence-electron chi connectivity index (χ2n) is 11.6. The molecule has 3 aliphatic heterocycles. The lowest BCUT2D eigenvalue weighted by Gasteiger charge is -2.42. The van der Waals surface area contributed by atoms with Gasteiger partial charge in [0.15, 0.2) is 0 Å². The topological polar surface area (TPSA) is 68.6 Å². The van der Waals surface area contributed by atoms with Gasteiger partial charge in [-0.05, 0) is 78.6 Å². The molecule has 7 nitrogen and oxygen atoms in total. The van der Waals surface area contributed by atoms with Crippen LogP contribution in [0.5, 0.6) is 5.75 Å². The summed E-state index contributed by atoms with van der Waals surface area (Å²) < 4.78 is 14.8. The summed E-state index contributed by atoms with van der Waals surface area (Å²) >= 11 is 0. The van der Waals surface area contributed by atoms with Crippen molar-refractivity contribution < 1.29 is 14.3 Å². The van der Waals surface area contributed by atoms with Gasteiger partial charge >= 0.3 is 6.09 Å². The van der Waals surface area contributed by atoms with Crippen molar-refractivity contribution >= 4 is 6.09 Å². The largest absolute Gasteiger partial charge is 0.482 e. The molecule has 4 heterocycles. The van der Waals surface area contributed by atoms with Crippen molar-refractivity contribution in [3.05, 3.63) is 35.5 Å². The van der Waals surface area contributed by atoms with E-state index in [0.717, 1.165) is 68.6 Å². The molecule has 1 aromatic heterocycles. The molecule has 1 unspecified atom stereocenters. The highest BCUT2D eigenvalue weighted by Crippen LogP contribution is 2.54. The first-order valence-electron chi connectivity index (χ1n) is 12.8.